The third kappa shape index (κ3) is 3.15. The van der Waals surface area contributed by atoms with E-state index in [2.05, 4.69) is 20.9 Å². The van der Waals surface area contributed by atoms with Gasteiger partial charge in [0.2, 0.25) is 0 Å². The highest BCUT2D eigenvalue weighted by Crippen LogP contribution is 2.22. The summed E-state index contributed by atoms with van der Waals surface area (Å²) in [5, 5.41) is 0.514. The van der Waals surface area contributed by atoms with E-state index in [1.165, 1.54) is 12.1 Å². The molecule has 2 rings (SSSR count). The molecule has 0 saturated heterocycles. The maximum atomic E-state index is 12.7. The molecule has 2 nitrogen and oxygen atoms in total. The second-order valence-corrected chi connectivity index (χ2v) is 5.02. The number of hydrogen-bond donors (Lipinski definition) is 0. The van der Waals surface area contributed by atoms with E-state index in [4.69, 9.17) is 11.6 Å². The number of ketones is 1. The van der Waals surface area contributed by atoms with Gasteiger partial charge in [-0.2, -0.15) is 0 Å². The molecule has 0 radical (unpaired) electrons. The molecule has 5 heteroatoms. The van der Waals surface area contributed by atoms with Crippen molar-refractivity contribution in [3.8, 4) is 0 Å². The number of benzene rings is 1. The number of rotatable bonds is 3. The summed E-state index contributed by atoms with van der Waals surface area (Å²) >= 11 is 9.32. The van der Waals surface area contributed by atoms with Gasteiger partial charge in [0.25, 0.3) is 0 Å². The minimum absolute atomic E-state index is 0.144. The number of Topliss-reactive ketones (excluding diaryl/α,β-unsaturated/α-hetero) is 1. The third-order valence-electron chi connectivity index (χ3n) is 2.38. The molecule has 0 unspecified atom stereocenters. The highest BCUT2D eigenvalue weighted by Gasteiger charge is 2.11. The van der Waals surface area contributed by atoms with Gasteiger partial charge in [0, 0.05) is 15.9 Å². The van der Waals surface area contributed by atoms with E-state index in [9.17, 15) is 9.18 Å². The smallest absolute Gasteiger partial charge is 0.185 e. The van der Waals surface area contributed by atoms with Gasteiger partial charge in [-0.3, -0.25) is 9.78 Å². The lowest BCUT2D eigenvalue weighted by molar-refractivity contribution is 0.0988. The van der Waals surface area contributed by atoms with E-state index in [-0.39, 0.29) is 17.9 Å². The Bertz CT molecular complexity index is 586. The van der Waals surface area contributed by atoms with Gasteiger partial charge in [-0.25, -0.2) is 4.39 Å². The summed E-state index contributed by atoms with van der Waals surface area (Å²) in [5.41, 5.74) is 0.950. The van der Waals surface area contributed by atoms with Crippen LogP contribution >= 0.6 is 27.5 Å². The first-order chi connectivity index (χ1) is 8.56. The molecule has 0 N–H and O–H groups in total. The van der Waals surface area contributed by atoms with Gasteiger partial charge < -0.3 is 0 Å². The number of halogens is 3. The van der Waals surface area contributed by atoms with Gasteiger partial charge in [-0.1, -0.05) is 33.6 Å². The number of aromatic nitrogens is 1. The molecule has 0 aliphatic rings. The topological polar surface area (TPSA) is 30.0 Å². The zero-order valence-corrected chi connectivity index (χ0v) is 11.5. The normalized spacial score (nSPS) is 10.4. The quantitative estimate of drug-likeness (QED) is 0.795. The lowest BCUT2D eigenvalue weighted by Gasteiger charge is -2.04. The number of carbonyl (C=O) groups is 1. The van der Waals surface area contributed by atoms with Crippen molar-refractivity contribution in [1.29, 1.82) is 0 Å². The molecule has 1 aromatic carbocycles. The molecule has 0 fully saturated rings. The Morgan fingerprint density at radius 3 is 2.72 bits per heavy atom. The molecule has 0 aliphatic carbocycles. The largest absolute Gasteiger partial charge is 0.292 e. The van der Waals surface area contributed by atoms with Gasteiger partial charge >= 0.3 is 0 Å². The van der Waals surface area contributed by atoms with Gasteiger partial charge in [0.1, 0.15) is 11.5 Å². The van der Waals surface area contributed by atoms with E-state index in [0.717, 1.165) is 16.2 Å². The predicted molar refractivity (Wildman–Crippen MR) is 71.4 cm³/mol. The maximum Gasteiger partial charge on any atom is 0.185 e. The van der Waals surface area contributed by atoms with Crippen LogP contribution in [0.2, 0.25) is 5.02 Å². The minimum Gasteiger partial charge on any atom is -0.292 e. The minimum atomic E-state index is -0.465. The fourth-order valence-corrected chi connectivity index (χ4v) is 2.21. The predicted octanol–water partition coefficient (Wildman–Crippen LogP) is 4.06. The molecule has 0 bridgehead atoms. The molecule has 0 amide bonds. The molecule has 0 atom stereocenters. The van der Waals surface area contributed by atoms with E-state index in [1.807, 2.05) is 6.07 Å². The van der Waals surface area contributed by atoms with E-state index >= 15 is 0 Å². The number of hydrogen-bond acceptors (Lipinski definition) is 2. The van der Waals surface area contributed by atoms with Crippen molar-refractivity contribution in [2.45, 2.75) is 6.42 Å². The molecule has 92 valence electrons. The maximum absolute atomic E-state index is 12.7. The average molecular weight is 329 g/mol. The van der Waals surface area contributed by atoms with Crippen LogP contribution in [0.25, 0.3) is 0 Å². The molecule has 1 heterocycles. The van der Waals surface area contributed by atoms with Gasteiger partial charge in [-0.05, 0) is 29.8 Å². The van der Waals surface area contributed by atoms with Crippen LogP contribution in [0.3, 0.4) is 0 Å². The second-order valence-electron chi connectivity index (χ2n) is 3.70. The molecule has 2 aromatic rings. The summed E-state index contributed by atoms with van der Waals surface area (Å²) in [5.74, 6) is -0.660. The summed E-state index contributed by atoms with van der Waals surface area (Å²) in [6.45, 7) is 0. The zero-order chi connectivity index (χ0) is 13.1. The van der Waals surface area contributed by atoms with Gasteiger partial charge in [0.05, 0.1) is 6.20 Å². The second kappa shape index (κ2) is 5.59. The fourth-order valence-electron chi connectivity index (χ4n) is 1.47. The summed E-state index contributed by atoms with van der Waals surface area (Å²) in [4.78, 5) is 15.7. The summed E-state index contributed by atoms with van der Waals surface area (Å²) in [7, 11) is 0. The van der Waals surface area contributed by atoms with Crippen LogP contribution in [0.5, 0.6) is 0 Å². The SMILES string of the molecule is O=C(Cc1ccc(Br)cc1Cl)c1ccc(F)cn1. The third-order valence-corrected chi connectivity index (χ3v) is 3.22. The van der Waals surface area contributed by atoms with Crippen molar-refractivity contribution in [3.05, 3.63) is 63.1 Å². The Morgan fingerprint density at radius 1 is 1.33 bits per heavy atom. The van der Waals surface area contributed by atoms with Crippen LogP contribution in [-0.2, 0) is 6.42 Å². The van der Waals surface area contributed by atoms with Crippen LogP contribution in [-0.4, -0.2) is 10.8 Å². The highest BCUT2D eigenvalue weighted by atomic mass is 79.9. The monoisotopic (exact) mass is 327 g/mol. The summed E-state index contributed by atoms with van der Waals surface area (Å²) in [6, 6.07) is 7.89. The Morgan fingerprint density at radius 2 is 2.11 bits per heavy atom. The van der Waals surface area contributed by atoms with Crippen molar-refractivity contribution < 1.29 is 9.18 Å². The Balaban J connectivity index is 2.18. The van der Waals surface area contributed by atoms with E-state index in [0.29, 0.717) is 5.02 Å². The van der Waals surface area contributed by atoms with Crippen LogP contribution in [0.4, 0.5) is 4.39 Å². The number of pyridine rings is 1. The fraction of sp³-hybridized carbons (Fsp3) is 0.0769. The molecule has 0 saturated carbocycles. The Hall–Kier alpha value is -1.26. The van der Waals surface area contributed by atoms with Crippen molar-refractivity contribution in [1.82, 2.24) is 4.98 Å². The molecule has 1 aromatic heterocycles. The first-order valence-electron chi connectivity index (χ1n) is 5.15. The van der Waals surface area contributed by atoms with Gasteiger partial charge in [-0.15, -0.1) is 0 Å². The van der Waals surface area contributed by atoms with Gasteiger partial charge in [0.15, 0.2) is 5.78 Å². The van der Waals surface area contributed by atoms with Crippen molar-refractivity contribution in [3.63, 3.8) is 0 Å². The molecule has 0 aliphatic heterocycles. The lowest BCUT2D eigenvalue weighted by atomic mass is 10.1. The van der Waals surface area contributed by atoms with E-state index < -0.39 is 5.82 Å². The number of carbonyl (C=O) groups excluding carboxylic acids is 1. The number of nitrogens with zero attached hydrogens (tertiary/aromatic N) is 1. The first kappa shape index (κ1) is 13.2. The molecule has 0 spiro atoms. The first-order valence-corrected chi connectivity index (χ1v) is 6.32. The molecular weight excluding hydrogens is 321 g/mol. The summed E-state index contributed by atoms with van der Waals surface area (Å²) in [6.07, 6.45) is 1.17. The zero-order valence-electron chi connectivity index (χ0n) is 9.16. The van der Waals surface area contributed by atoms with E-state index in [1.54, 1.807) is 12.1 Å². The van der Waals surface area contributed by atoms with Crippen molar-refractivity contribution >= 4 is 33.3 Å². The van der Waals surface area contributed by atoms with Crippen molar-refractivity contribution in [2.75, 3.05) is 0 Å². The molecular formula is C13H8BrClFNO. The van der Waals surface area contributed by atoms with Crippen molar-refractivity contribution in [2.24, 2.45) is 0 Å². The van der Waals surface area contributed by atoms with Crippen LogP contribution in [0.1, 0.15) is 16.1 Å². The Labute approximate surface area is 117 Å². The highest BCUT2D eigenvalue weighted by molar-refractivity contribution is 9.10. The summed E-state index contributed by atoms with van der Waals surface area (Å²) < 4.78 is 13.5. The Kier molecular flexibility index (Phi) is 4.09. The average Bonchev–Trinajstić information content (AvgIpc) is 2.33. The lowest BCUT2D eigenvalue weighted by Crippen LogP contribution is -2.06. The molecule has 18 heavy (non-hydrogen) atoms. The van der Waals surface area contributed by atoms with Crippen LogP contribution in [0.15, 0.2) is 41.0 Å². The standard InChI is InChI=1S/C13H8BrClFNO/c14-9-2-1-8(11(15)6-9)5-13(18)12-4-3-10(16)7-17-12/h1-4,6-7H,5H2. The van der Waals surface area contributed by atoms with Crippen LogP contribution in [0, 0.1) is 5.82 Å². The van der Waals surface area contributed by atoms with Crippen LogP contribution < -0.4 is 0 Å².